The molecule has 4 aromatic rings. The van der Waals surface area contributed by atoms with Crippen molar-refractivity contribution in [1.82, 2.24) is 9.88 Å². The summed E-state index contributed by atoms with van der Waals surface area (Å²) < 4.78 is 5.43. The number of benzene rings is 3. The van der Waals surface area contributed by atoms with E-state index in [2.05, 4.69) is 27.7 Å². The number of ether oxygens (including phenoxy) is 1. The summed E-state index contributed by atoms with van der Waals surface area (Å²) in [4.78, 5) is 19.8. The van der Waals surface area contributed by atoms with Crippen LogP contribution in [0.2, 0.25) is 10.0 Å². The number of hydrogen-bond acceptors (Lipinski definition) is 4. The maximum atomic E-state index is 12.7. The highest BCUT2D eigenvalue weighted by atomic mass is 35.5. The Bertz CT molecular complexity index is 1360. The Morgan fingerprint density at radius 2 is 1.66 bits per heavy atom. The van der Waals surface area contributed by atoms with Crippen LogP contribution in [0.1, 0.15) is 5.69 Å². The Morgan fingerprint density at radius 1 is 0.886 bits per heavy atom. The van der Waals surface area contributed by atoms with Crippen molar-refractivity contribution in [3.05, 3.63) is 88.7 Å². The van der Waals surface area contributed by atoms with Crippen LogP contribution in [0.25, 0.3) is 21.9 Å². The minimum Gasteiger partial charge on any atom is -0.379 e. The summed E-state index contributed by atoms with van der Waals surface area (Å²) >= 11 is 12.3. The minimum atomic E-state index is -0.402. The lowest BCUT2D eigenvalue weighted by Gasteiger charge is -2.26. The van der Waals surface area contributed by atoms with Crippen LogP contribution in [0, 0.1) is 0 Å². The minimum absolute atomic E-state index is 0.300. The van der Waals surface area contributed by atoms with Gasteiger partial charge in [-0.3, -0.25) is 9.88 Å². The topological polar surface area (TPSA) is 66.5 Å². The molecule has 2 heterocycles. The molecule has 1 aliphatic rings. The lowest BCUT2D eigenvalue weighted by Crippen LogP contribution is -2.35. The second-order valence-corrected chi connectivity index (χ2v) is 9.10. The van der Waals surface area contributed by atoms with E-state index in [1.54, 1.807) is 18.2 Å². The van der Waals surface area contributed by atoms with Gasteiger partial charge in [-0.25, -0.2) is 4.79 Å². The first-order valence-electron chi connectivity index (χ1n) is 11.4. The number of halogens is 2. The number of aromatic nitrogens is 1. The summed E-state index contributed by atoms with van der Waals surface area (Å²) in [5, 5.41) is 8.32. The summed E-state index contributed by atoms with van der Waals surface area (Å²) in [6, 6.07) is 20.8. The first-order chi connectivity index (χ1) is 17.1. The van der Waals surface area contributed by atoms with E-state index >= 15 is 0 Å². The zero-order chi connectivity index (χ0) is 24.2. The second-order valence-electron chi connectivity index (χ2n) is 8.31. The standard InChI is InChI=1S/C27H24Cl2N4O2/c28-23-6-3-7-25(26(23)29)32-27(34)31-24-11-10-20(21-4-1-2-5-22(21)24)18-8-9-19(30-16-18)17-33-12-14-35-15-13-33/h1-11,16H,12-15,17H2,(H2,31,32,34). The smallest absolute Gasteiger partial charge is 0.323 e. The van der Waals surface area contributed by atoms with Crippen molar-refractivity contribution in [1.29, 1.82) is 0 Å². The van der Waals surface area contributed by atoms with Crippen LogP contribution in [0.3, 0.4) is 0 Å². The number of carbonyl (C=O) groups is 1. The van der Waals surface area contributed by atoms with Gasteiger partial charge in [-0.2, -0.15) is 0 Å². The fourth-order valence-corrected chi connectivity index (χ4v) is 4.55. The van der Waals surface area contributed by atoms with Crippen molar-refractivity contribution in [3.8, 4) is 11.1 Å². The molecule has 6 nitrogen and oxygen atoms in total. The van der Waals surface area contributed by atoms with Gasteiger partial charge in [0, 0.05) is 36.8 Å². The molecule has 1 fully saturated rings. The number of urea groups is 1. The molecule has 5 rings (SSSR count). The number of morpholine rings is 1. The largest absolute Gasteiger partial charge is 0.379 e. The summed E-state index contributed by atoms with van der Waals surface area (Å²) in [5.74, 6) is 0. The monoisotopic (exact) mass is 506 g/mol. The Morgan fingerprint density at radius 3 is 2.43 bits per heavy atom. The van der Waals surface area contributed by atoms with Gasteiger partial charge in [-0.15, -0.1) is 0 Å². The molecule has 1 aromatic heterocycles. The van der Waals surface area contributed by atoms with E-state index in [0.717, 1.165) is 60.4 Å². The average molecular weight is 507 g/mol. The lowest BCUT2D eigenvalue weighted by molar-refractivity contribution is 0.0336. The zero-order valence-electron chi connectivity index (χ0n) is 18.9. The molecule has 0 saturated carbocycles. The van der Waals surface area contributed by atoms with Crippen molar-refractivity contribution in [3.63, 3.8) is 0 Å². The van der Waals surface area contributed by atoms with Crippen LogP contribution in [0.5, 0.6) is 0 Å². The van der Waals surface area contributed by atoms with E-state index in [-0.39, 0.29) is 0 Å². The molecule has 0 unspecified atom stereocenters. The maximum absolute atomic E-state index is 12.7. The molecule has 0 radical (unpaired) electrons. The molecule has 8 heteroatoms. The van der Waals surface area contributed by atoms with Crippen molar-refractivity contribution in [2.24, 2.45) is 0 Å². The first-order valence-corrected chi connectivity index (χ1v) is 12.1. The Balaban J connectivity index is 1.37. The third-order valence-corrected chi connectivity index (χ3v) is 6.82. The van der Waals surface area contributed by atoms with Crippen LogP contribution in [-0.4, -0.2) is 42.2 Å². The van der Waals surface area contributed by atoms with Crippen molar-refractivity contribution in [2.45, 2.75) is 6.54 Å². The predicted molar refractivity (Wildman–Crippen MR) is 142 cm³/mol. The molecular formula is C27H24Cl2N4O2. The normalized spacial score (nSPS) is 14.1. The highest BCUT2D eigenvalue weighted by Gasteiger charge is 2.14. The van der Waals surface area contributed by atoms with Crippen LogP contribution in [0.15, 0.2) is 72.9 Å². The number of nitrogens with one attached hydrogen (secondary N) is 2. The van der Waals surface area contributed by atoms with E-state index in [1.165, 1.54) is 0 Å². The average Bonchev–Trinajstić information content (AvgIpc) is 2.88. The molecule has 178 valence electrons. The quantitative estimate of drug-likeness (QED) is 0.316. The van der Waals surface area contributed by atoms with Gasteiger partial charge in [0.15, 0.2) is 0 Å². The fraction of sp³-hybridized carbons (Fsp3) is 0.185. The molecule has 0 aliphatic carbocycles. The molecule has 0 spiro atoms. The van der Waals surface area contributed by atoms with Crippen molar-refractivity contribution < 1.29 is 9.53 Å². The first kappa shape index (κ1) is 23.6. The maximum Gasteiger partial charge on any atom is 0.323 e. The van der Waals surface area contributed by atoms with Crippen LogP contribution < -0.4 is 10.6 Å². The lowest BCUT2D eigenvalue weighted by atomic mass is 9.98. The van der Waals surface area contributed by atoms with Gasteiger partial charge in [0.2, 0.25) is 0 Å². The number of pyridine rings is 1. The molecule has 0 bridgehead atoms. The highest BCUT2D eigenvalue weighted by molar-refractivity contribution is 6.44. The van der Waals surface area contributed by atoms with Gasteiger partial charge < -0.3 is 15.4 Å². The Kier molecular flexibility index (Phi) is 7.16. The van der Waals surface area contributed by atoms with Crippen LogP contribution in [-0.2, 0) is 11.3 Å². The van der Waals surface area contributed by atoms with E-state index in [0.29, 0.717) is 21.4 Å². The molecule has 0 atom stereocenters. The summed E-state index contributed by atoms with van der Waals surface area (Å²) in [5.41, 5.74) is 4.25. The van der Waals surface area contributed by atoms with Gasteiger partial charge in [-0.05, 0) is 35.2 Å². The molecule has 1 aliphatic heterocycles. The van der Waals surface area contributed by atoms with Gasteiger partial charge in [-0.1, -0.05) is 65.7 Å². The van der Waals surface area contributed by atoms with Gasteiger partial charge in [0.25, 0.3) is 0 Å². The third kappa shape index (κ3) is 5.41. The van der Waals surface area contributed by atoms with Crippen molar-refractivity contribution >= 4 is 51.4 Å². The van der Waals surface area contributed by atoms with Gasteiger partial charge >= 0.3 is 6.03 Å². The van der Waals surface area contributed by atoms with Gasteiger partial charge in [0.05, 0.1) is 40.3 Å². The van der Waals surface area contributed by atoms with E-state index in [9.17, 15) is 4.79 Å². The highest BCUT2D eigenvalue weighted by Crippen LogP contribution is 2.34. The molecular weight excluding hydrogens is 483 g/mol. The number of amides is 2. The third-order valence-electron chi connectivity index (χ3n) is 6.00. The fourth-order valence-electron chi connectivity index (χ4n) is 4.20. The summed E-state index contributed by atoms with van der Waals surface area (Å²) in [6.07, 6.45) is 1.92. The SMILES string of the molecule is O=C(Nc1cccc(Cl)c1Cl)Nc1ccc(-c2ccc(CN3CCOCC3)nc2)c2ccccc12. The molecule has 1 saturated heterocycles. The van der Waals surface area contributed by atoms with Crippen LogP contribution in [0.4, 0.5) is 16.2 Å². The molecule has 2 N–H and O–H groups in total. The summed E-state index contributed by atoms with van der Waals surface area (Å²) in [6.45, 7) is 4.22. The van der Waals surface area contributed by atoms with Crippen molar-refractivity contribution in [2.75, 3.05) is 36.9 Å². The number of anilines is 2. The van der Waals surface area contributed by atoms with Gasteiger partial charge in [0.1, 0.15) is 0 Å². The van der Waals surface area contributed by atoms with E-state index in [1.807, 2.05) is 42.6 Å². The Labute approximate surface area is 213 Å². The van der Waals surface area contributed by atoms with Crippen LogP contribution >= 0.6 is 23.2 Å². The van der Waals surface area contributed by atoms with E-state index < -0.39 is 6.03 Å². The molecule has 3 aromatic carbocycles. The summed E-state index contributed by atoms with van der Waals surface area (Å²) in [7, 11) is 0. The molecule has 35 heavy (non-hydrogen) atoms. The molecule has 2 amide bonds. The Hall–Kier alpha value is -3.16. The number of fused-ring (bicyclic) bond motifs is 1. The van der Waals surface area contributed by atoms with E-state index in [4.69, 9.17) is 32.9 Å². The number of hydrogen-bond donors (Lipinski definition) is 2. The number of nitrogens with zero attached hydrogens (tertiary/aromatic N) is 2. The number of carbonyl (C=O) groups excluding carboxylic acids is 1. The second kappa shape index (κ2) is 10.6. The number of rotatable bonds is 5. The zero-order valence-corrected chi connectivity index (χ0v) is 20.4. The predicted octanol–water partition coefficient (Wildman–Crippen LogP) is 6.68.